The molecule has 0 bridgehead atoms. The number of hydrogen-bond acceptors (Lipinski definition) is 2. The monoisotopic (exact) mass is 204 g/mol. The molecule has 2 rings (SSSR count). The van der Waals surface area contributed by atoms with Gasteiger partial charge in [-0.15, -0.1) is 0 Å². The summed E-state index contributed by atoms with van der Waals surface area (Å²) in [6.07, 6.45) is 3.18. The SMILES string of the molecule is O=CNCc1ccccc1C1CCCN1. The van der Waals surface area contributed by atoms with Gasteiger partial charge >= 0.3 is 0 Å². The summed E-state index contributed by atoms with van der Waals surface area (Å²) in [6.45, 7) is 1.72. The highest BCUT2D eigenvalue weighted by atomic mass is 16.1. The molecule has 1 saturated heterocycles. The fourth-order valence-electron chi connectivity index (χ4n) is 2.14. The summed E-state index contributed by atoms with van der Waals surface area (Å²) >= 11 is 0. The molecule has 1 amide bonds. The Morgan fingerprint density at radius 3 is 3.07 bits per heavy atom. The molecule has 1 heterocycles. The van der Waals surface area contributed by atoms with Crippen molar-refractivity contribution in [3.63, 3.8) is 0 Å². The zero-order valence-corrected chi connectivity index (χ0v) is 8.70. The van der Waals surface area contributed by atoms with E-state index in [0.717, 1.165) is 13.0 Å². The Hall–Kier alpha value is -1.35. The van der Waals surface area contributed by atoms with Crippen LogP contribution in [0.4, 0.5) is 0 Å². The second kappa shape index (κ2) is 4.94. The van der Waals surface area contributed by atoms with Gasteiger partial charge in [0.15, 0.2) is 0 Å². The van der Waals surface area contributed by atoms with Crippen LogP contribution in [0.15, 0.2) is 24.3 Å². The third-order valence-corrected chi connectivity index (χ3v) is 2.87. The quantitative estimate of drug-likeness (QED) is 0.727. The minimum absolute atomic E-state index is 0.467. The highest BCUT2D eigenvalue weighted by Gasteiger charge is 2.18. The van der Waals surface area contributed by atoms with Crippen molar-refractivity contribution in [2.75, 3.05) is 6.54 Å². The van der Waals surface area contributed by atoms with E-state index >= 15 is 0 Å². The largest absolute Gasteiger partial charge is 0.355 e. The van der Waals surface area contributed by atoms with E-state index in [2.05, 4.69) is 28.8 Å². The van der Waals surface area contributed by atoms with Gasteiger partial charge < -0.3 is 10.6 Å². The van der Waals surface area contributed by atoms with Crippen molar-refractivity contribution >= 4 is 6.41 Å². The summed E-state index contributed by atoms with van der Waals surface area (Å²) < 4.78 is 0. The zero-order valence-electron chi connectivity index (χ0n) is 8.70. The van der Waals surface area contributed by atoms with Crippen LogP contribution in [0.25, 0.3) is 0 Å². The summed E-state index contributed by atoms with van der Waals surface area (Å²) in [4.78, 5) is 10.3. The van der Waals surface area contributed by atoms with Gasteiger partial charge in [0.1, 0.15) is 0 Å². The second-order valence-electron chi connectivity index (χ2n) is 3.85. The Balaban J connectivity index is 2.16. The number of benzene rings is 1. The van der Waals surface area contributed by atoms with Crippen LogP contribution in [0, 0.1) is 0 Å². The third-order valence-electron chi connectivity index (χ3n) is 2.87. The molecule has 0 aliphatic carbocycles. The van der Waals surface area contributed by atoms with Crippen LogP contribution < -0.4 is 10.6 Å². The van der Waals surface area contributed by atoms with Gasteiger partial charge in [0, 0.05) is 12.6 Å². The molecule has 1 aromatic carbocycles. The molecule has 15 heavy (non-hydrogen) atoms. The predicted molar refractivity (Wildman–Crippen MR) is 59.3 cm³/mol. The van der Waals surface area contributed by atoms with Gasteiger partial charge in [0.25, 0.3) is 0 Å². The second-order valence-corrected chi connectivity index (χ2v) is 3.85. The molecule has 1 aliphatic heterocycles. The normalized spacial score (nSPS) is 20.1. The molecule has 3 nitrogen and oxygen atoms in total. The molecule has 0 spiro atoms. The first kappa shape index (κ1) is 10.2. The Kier molecular flexibility index (Phi) is 3.35. The summed E-state index contributed by atoms with van der Waals surface area (Å²) in [6, 6.07) is 8.76. The molecule has 1 aliphatic rings. The van der Waals surface area contributed by atoms with Crippen molar-refractivity contribution in [3.05, 3.63) is 35.4 Å². The number of nitrogens with one attached hydrogen (secondary N) is 2. The topological polar surface area (TPSA) is 41.1 Å². The molecule has 2 N–H and O–H groups in total. The first-order valence-corrected chi connectivity index (χ1v) is 5.40. The molecule has 0 saturated carbocycles. The molecular weight excluding hydrogens is 188 g/mol. The number of hydrogen-bond donors (Lipinski definition) is 2. The predicted octanol–water partition coefficient (Wildman–Crippen LogP) is 1.36. The third kappa shape index (κ3) is 2.36. The zero-order chi connectivity index (χ0) is 10.5. The lowest BCUT2D eigenvalue weighted by Gasteiger charge is -2.15. The fraction of sp³-hybridized carbons (Fsp3) is 0.417. The minimum Gasteiger partial charge on any atom is -0.355 e. The molecular formula is C12H16N2O. The van der Waals surface area contributed by atoms with Gasteiger partial charge in [-0.1, -0.05) is 24.3 Å². The van der Waals surface area contributed by atoms with Crippen LogP contribution in [-0.4, -0.2) is 13.0 Å². The van der Waals surface area contributed by atoms with E-state index in [9.17, 15) is 4.79 Å². The van der Waals surface area contributed by atoms with Crippen LogP contribution in [0.5, 0.6) is 0 Å². The average molecular weight is 204 g/mol. The molecule has 1 unspecified atom stereocenters. The van der Waals surface area contributed by atoms with E-state index in [4.69, 9.17) is 0 Å². The number of amides is 1. The van der Waals surface area contributed by atoms with E-state index in [1.807, 2.05) is 6.07 Å². The van der Waals surface area contributed by atoms with E-state index in [1.54, 1.807) is 0 Å². The van der Waals surface area contributed by atoms with E-state index in [0.29, 0.717) is 12.6 Å². The van der Waals surface area contributed by atoms with Crippen molar-refractivity contribution in [2.24, 2.45) is 0 Å². The summed E-state index contributed by atoms with van der Waals surface area (Å²) in [7, 11) is 0. The first-order valence-electron chi connectivity index (χ1n) is 5.40. The number of carbonyl (C=O) groups excluding carboxylic acids is 1. The van der Waals surface area contributed by atoms with Crippen molar-refractivity contribution < 1.29 is 4.79 Å². The maximum Gasteiger partial charge on any atom is 0.207 e. The van der Waals surface area contributed by atoms with E-state index < -0.39 is 0 Å². The van der Waals surface area contributed by atoms with Crippen LogP contribution in [0.3, 0.4) is 0 Å². The Morgan fingerprint density at radius 2 is 2.33 bits per heavy atom. The highest BCUT2D eigenvalue weighted by molar-refractivity contribution is 5.46. The standard InChI is InChI=1S/C12H16N2O/c15-9-13-8-10-4-1-2-5-11(10)12-6-3-7-14-12/h1-2,4-5,9,12,14H,3,6-8H2,(H,13,15). The molecule has 0 aromatic heterocycles. The molecule has 3 heteroatoms. The number of rotatable bonds is 4. The Bertz CT molecular complexity index is 332. The van der Waals surface area contributed by atoms with Crippen LogP contribution in [0.1, 0.15) is 30.0 Å². The highest BCUT2D eigenvalue weighted by Crippen LogP contribution is 2.25. The van der Waals surface area contributed by atoms with Crippen molar-refractivity contribution in [2.45, 2.75) is 25.4 Å². The summed E-state index contributed by atoms with van der Waals surface area (Å²) in [5.41, 5.74) is 2.54. The van der Waals surface area contributed by atoms with Gasteiger partial charge in [0.2, 0.25) is 6.41 Å². The number of carbonyl (C=O) groups is 1. The van der Waals surface area contributed by atoms with Crippen molar-refractivity contribution in [3.8, 4) is 0 Å². The van der Waals surface area contributed by atoms with Crippen molar-refractivity contribution in [1.29, 1.82) is 0 Å². The Labute approximate surface area is 89.9 Å². The van der Waals surface area contributed by atoms with Crippen LogP contribution in [0.2, 0.25) is 0 Å². The van der Waals surface area contributed by atoms with Crippen LogP contribution >= 0.6 is 0 Å². The fourth-order valence-corrected chi connectivity index (χ4v) is 2.14. The lowest BCUT2D eigenvalue weighted by atomic mass is 9.99. The Morgan fingerprint density at radius 1 is 1.47 bits per heavy atom. The maximum atomic E-state index is 10.3. The van der Waals surface area contributed by atoms with Crippen molar-refractivity contribution in [1.82, 2.24) is 10.6 Å². The first-order chi connectivity index (χ1) is 7.42. The average Bonchev–Trinajstić information content (AvgIpc) is 2.80. The smallest absolute Gasteiger partial charge is 0.207 e. The van der Waals surface area contributed by atoms with E-state index in [1.165, 1.54) is 24.0 Å². The molecule has 0 radical (unpaired) electrons. The molecule has 80 valence electrons. The molecule has 1 atom stereocenters. The van der Waals surface area contributed by atoms with Gasteiger partial charge in [-0.3, -0.25) is 4.79 Å². The summed E-state index contributed by atoms with van der Waals surface area (Å²) in [5.74, 6) is 0. The van der Waals surface area contributed by atoms with E-state index in [-0.39, 0.29) is 0 Å². The van der Waals surface area contributed by atoms with Gasteiger partial charge in [0.05, 0.1) is 0 Å². The molecule has 1 aromatic rings. The lowest BCUT2D eigenvalue weighted by molar-refractivity contribution is -0.109. The van der Waals surface area contributed by atoms with Gasteiger partial charge in [-0.05, 0) is 30.5 Å². The summed E-state index contributed by atoms with van der Waals surface area (Å²) in [5, 5.41) is 6.19. The minimum atomic E-state index is 0.467. The van der Waals surface area contributed by atoms with Crippen LogP contribution in [-0.2, 0) is 11.3 Å². The lowest BCUT2D eigenvalue weighted by Crippen LogP contribution is -2.17. The maximum absolute atomic E-state index is 10.3. The van der Waals surface area contributed by atoms with Gasteiger partial charge in [-0.2, -0.15) is 0 Å². The molecule has 1 fully saturated rings. The van der Waals surface area contributed by atoms with Gasteiger partial charge in [-0.25, -0.2) is 0 Å².